The van der Waals surface area contributed by atoms with Crippen LogP contribution in [0.25, 0.3) is 0 Å². The number of carbonyl (C=O) groups excluding carboxylic acids is 1. The van der Waals surface area contributed by atoms with Crippen LogP contribution in [0.3, 0.4) is 0 Å². The lowest BCUT2D eigenvalue weighted by molar-refractivity contribution is 0.103. The Morgan fingerprint density at radius 2 is 2.06 bits per heavy atom. The molecule has 3 nitrogen and oxygen atoms in total. The number of hydrogen-bond acceptors (Lipinski definition) is 3. The van der Waals surface area contributed by atoms with Crippen LogP contribution >= 0.6 is 0 Å². The van der Waals surface area contributed by atoms with Gasteiger partial charge in [-0.2, -0.15) is 5.26 Å². The van der Waals surface area contributed by atoms with Crippen LogP contribution in [0.4, 0.5) is 0 Å². The predicted octanol–water partition coefficient (Wildman–Crippen LogP) is 2.34. The van der Waals surface area contributed by atoms with E-state index in [1.54, 1.807) is 12.1 Å². The van der Waals surface area contributed by atoms with Gasteiger partial charge in [-0.1, -0.05) is 29.8 Å². The highest BCUT2D eigenvalue weighted by Gasteiger charge is 2.19. The molecule has 0 unspecified atom stereocenters. The van der Waals surface area contributed by atoms with Crippen LogP contribution in [0, 0.1) is 18.3 Å². The topological polar surface area (TPSA) is 52.9 Å². The average molecular weight is 226 g/mol. The summed E-state index contributed by atoms with van der Waals surface area (Å²) in [7, 11) is 0. The summed E-state index contributed by atoms with van der Waals surface area (Å²) in [5, 5.41) is 12.2. The van der Waals surface area contributed by atoms with Crippen molar-refractivity contribution in [3.63, 3.8) is 0 Å². The maximum Gasteiger partial charge on any atom is 0.205 e. The summed E-state index contributed by atoms with van der Waals surface area (Å²) in [6, 6.07) is 9.33. The summed E-state index contributed by atoms with van der Waals surface area (Å²) >= 11 is 0. The maximum atomic E-state index is 12.2. The minimum Gasteiger partial charge on any atom is -0.387 e. The second-order valence-corrected chi connectivity index (χ2v) is 4.19. The number of nitrogens with zero attached hydrogens (tertiary/aromatic N) is 1. The van der Waals surface area contributed by atoms with E-state index in [0.717, 1.165) is 30.6 Å². The van der Waals surface area contributed by atoms with Gasteiger partial charge in [0.15, 0.2) is 0 Å². The van der Waals surface area contributed by atoms with Gasteiger partial charge in [-0.15, -0.1) is 0 Å². The quantitative estimate of drug-likeness (QED) is 0.478. The third-order valence-corrected chi connectivity index (χ3v) is 2.90. The van der Waals surface area contributed by atoms with Gasteiger partial charge in [0.05, 0.1) is 0 Å². The van der Waals surface area contributed by atoms with Gasteiger partial charge >= 0.3 is 0 Å². The first kappa shape index (κ1) is 11.4. The molecule has 0 radical (unpaired) electrons. The number of benzene rings is 1. The Morgan fingerprint density at radius 1 is 1.35 bits per heavy atom. The van der Waals surface area contributed by atoms with Crippen LogP contribution in [-0.2, 0) is 0 Å². The molecule has 3 heteroatoms. The second-order valence-electron chi connectivity index (χ2n) is 4.19. The summed E-state index contributed by atoms with van der Waals surface area (Å²) in [5.41, 5.74) is 2.73. The minimum atomic E-state index is -0.183. The van der Waals surface area contributed by atoms with E-state index in [-0.39, 0.29) is 11.4 Å². The fourth-order valence-electron chi connectivity index (χ4n) is 1.91. The Kier molecular flexibility index (Phi) is 3.24. The molecule has 1 saturated heterocycles. The molecule has 86 valence electrons. The number of aryl methyl sites for hydroxylation is 1. The first-order chi connectivity index (χ1) is 8.22. The number of rotatable bonds is 2. The van der Waals surface area contributed by atoms with Gasteiger partial charge in [0, 0.05) is 17.8 Å². The molecular formula is C14H14N2O. The third kappa shape index (κ3) is 2.36. The molecule has 0 amide bonds. The Morgan fingerprint density at radius 3 is 2.59 bits per heavy atom. The lowest BCUT2D eigenvalue weighted by Crippen LogP contribution is -2.12. The van der Waals surface area contributed by atoms with Crippen LogP contribution in [-0.4, -0.2) is 12.3 Å². The monoisotopic (exact) mass is 226 g/mol. The SMILES string of the molecule is Cc1ccc(C(=O)/C(C#N)=C2/CCCN2)cc1. The van der Waals surface area contributed by atoms with Crippen LogP contribution in [0.5, 0.6) is 0 Å². The molecule has 1 aromatic rings. The van der Waals surface area contributed by atoms with Gasteiger partial charge in [0.1, 0.15) is 11.6 Å². The second kappa shape index (κ2) is 4.84. The van der Waals surface area contributed by atoms with Gasteiger partial charge in [-0.3, -0.25) is 4.79 Å². The van der Waals surface area contributed by atoms with E-state index in [2.05, 4.69) is 5.32 Å². The Hall–Kier alpha value is -2.08. The minimum absolute atomic E-state index is 0.183. The van der Waals surface area contributed by atoms with Gasteiger partial charge in [0.2, 0.25) is 5.78 Å². The summed E-state index contributed by atoms with van der Waals surface area (Å²) < 4.78 is 0. The Labute approximate surface area is 101 Å². The van der Waals surface area contributed by atoms with Gasteiger partial charge in [-0.05, 0) is 19.8 Å². The summed E-state index contributed by atoms with van der Waals surface area (Å²) in [4.78, 5) is 12.2. The van der Waals surface area contributed by atoms with Crippen molar-refractivity contribution in [2.75, 3.05) is 6.54 Å². The number of ketones is 1. The van der Waals surface area contributed by atoms with E-state index in [4.69, 9.17) is 5.26 Å². The highest BCUT2D eigenvalue weighted by atomic mass is 16.1. The van der Waals surface area contributed by atoms with E-state index >= 15 is 0 Å². The van der Waals surface area contributed by atoms with Crippen molar-refractivity contribution in [2.24, 2.45) is 0 Å². The zero-order valence-corrected chi connectivity index (χ0v) is 9.79. The number of nitrogens with one attached hydrogen (secondary N) is 1. The van der Waals surface area contributed by atoms with Gasteiger partial charge in [0.25, 0.3) is 0 Å². The summed E-state index contributed by atoms with van der Waals surface area (Å²) in [6.45, 7) is 2.82. The van der Waals surface area contributed by atoms with Crippen LogP contribution < -0.4 is 5.32 Å². The Balaban J connectivity index is 2.33. The molecule has 1 fully saturated rings. The van der Waals surface area contributed by atoms with E-state index in [0.29, 0.717) is 5.56 Å². The van der Waals surface area contributed by atoms with E-state index in [9.17, 15) is 4.79 Å². The average Bonchev–Trinajstić information content (AvgIpc) is 2.84. The molecule has 0 bridgehead atoms. The highest BCUT2D eigenvalue weighted by molar-refractivity contribution is 6.11. The molecule has 1 heterocycles. The van der Waals surface area contributed by atoms with Gasteiger partial charge in [-0.25, -0.2) is 0 Å². The lowest BCUT2D eigenvalue weighted by atomic mass is 10.0. The van der Waals surface area contributed by atoms with E-state index in [1.807, 2.05) is 25.1 Å². The molecule has 2 rings (SSSR count). The molecule has 1 N–H and O–H groups in total. The smallest absolute Gasteiger partial charge is 0.205 e. The molecule has 0 atom stereocenters. The fourth-order valence-corrected chi connectivity index (χ4v) is 1.91. The van der Waals surface area contributed by atoms with Crippen LogP contribution in [0.2, 0.25) is 0 Å². The third-order valence-electron chi connectivity index (χ3n) is 2.90. The molecule has 0 saturated carbocycles. The van der Waals surface area contributed by atoms with Crippen LogP contribution in [0.1, 0.15) is 28.8 Å². The number of carbonyl (C=O) groups is 1. The zero-order valence-electron chi connectivity index (χ0n) is 9.79. The van der Waals surface area contributed by atoms with E-state index < -0.39 is 0 Å². The predicted molar refractivity (Wildman–Crippen MR) is 65.4 cm³/mol. The van der Waals surface area contributed by atoms with E-state index in [1.165, 1.54) is 0 Å². The largest absolute Gasteiger partial charge is 0.387 e. The molecule has 1 aromatic carbocycles. The first-order valence-electron chi connectivity index (χ1n) is 5.71. The first-order valence-corrected chi connectivity index (χ1v) is 5.71. The molecule has 1 aliphatic heterocycles. The van der Waals surface area contributed by atoms with Gasteiger partial charge < -0.3 is 5.32 Å². The molecule has 17 heavy (non-hydrogen) atoms. The van der Waals surface area contributed by atoms with Crippen molar-refractivity contribution < 1.29 is 4.79 Å². The van der Waals surface area contributed by atoms with Crippen molar-refractivity contribution in [1.29, 1.82) is 5.26 Å². The standard InChI is InChI=1S/C14H14N2O/c1-10-4-6-11(7-5-10)14(17)12(9-15)13-3-2-8-16-13/h4-7,16H,2-3,8H2,1H3/b13-12-. The molecule has 1 aliphatic rings. The van der Waals surface area contributed by atoms with Crippen LogP contribution in [0.15, 0.2) is 35.5 Å². The molecular weight excluding hydrogens is 212 g/mol. The van der Waals surface area contributed by atoms with Crippen molar-refractivity contribution in [2.45, 2.75) is 19.8 Å². The van der Waals surface area contributed by atoms with Crippen molar-refractivity contribution in [1.82, 2.24) is 5.32 Å². The molecule has 0 aliphatic carbocycles. The fraction of sp³-hybridized carbons (Fsp3) is 0.286. The molecule has 0 spiro atoms. The molecule has 0 aromatic heterocycles. The number of nitriles is 1. The van der Waals surface area contributed by atoms with Crippen molar-refractivity contribution in [3.05, 3.63) is 46.7 Å². The summed E-state index contributed by atoms with van der Waals surface area (Å²) in [6.07, 6.45) is 1.78. The normalized spacial score (nSPS) is 17.2. The van der Waals surface area contributed by atoms with Crippen molar-refractivity contribution >= 4 is 5.78 Å². The zero-order chi connectivity index (χ0) is 12.3. The van der Waals surface area contributed by atoms with Crippen molar-refractivity contribution in [3.8, 4) is 6.07 Å². The highest BCUT2D eigenvalue weighted by Crippen LogP contribution is 2.18. The lowest BCUT2D eigenvalue weighted by Gasteiger charge is -2.04. The number of hydrogen-bond donors (Lipinski definition) is 1. The number of allylic oxidation sites excluding steroid dienone is 2. The summed E-state index contributed by atoms with van der Waals surface area (Å²) in [5.74, 6) is -0.183. The maximum absolute atomic E-state index is 12.2. The number of Topliss-reactive ketones (excluding diaryl/α,β-unsaturated/α-hetero) is 1. The Bertz CT molecular complexity index is 498.